The molecule has 0 aromatic heterocycles. The molecular formula is C15H20FNO2. The quantitative estimate of drug-likeness (QED) is 0.911. The van der Waals surface area contributed by atoms with Gasteiger partial charge in [-0.1, -0.05) is 18.9 Å². The van der Waals surface area contributed by atoms with Crippen LogP contribution in [-0.2, 0) is 6.54 Å². The standard InChI is InChI=1S/C15H20FNO2/c1-11-5-3-2-4-8-17(11)10-12-6-7-14(16)13(9-12)15(18)19/h6-7,9,11H,2-5,8,10H2,1H3,(H,18,19). The Labute approximate surface area is 113 Å². The molecule has 0 bridgehead atoms. The Balaban J connectivity index is 2.13. The van der Waals surface area contributed by atoms with Crippen molar-refractivity contribution in [3.63, 3.8) is 0 Å². The number of hydrogen-bond donors (Lipinski definition) is 1. The molecule has 19 heavy (non-hydrogen) atoms. The largest absolute Gasteiger partial charge is 0.478 e. The fourth-order valence-electron chi connectivity index (χ4n) is 2.64. The lowest BCUT2D eigenvalue weighted by Crippen LogP contribution is -2.32. The van der Waals surface area contributed by atoms with Gasteiger partial charge < -0.3 is 5.11 Å². The Kier molecular flexibility index (Phi) is 4.53. The Morgan fingerprint density at radius 1 is 1.42 bits per heavy atom. The first-order chi connectivity index (χ1) is 9.08. The van der Waals surface area contributed by atoms with E-state index in [0.29, 0.717) is 12.6 Å². The first-order valence-corrected chi connectivity index (χ1v) is 6.83. The van der Waals surface area contributed by atoms with Gasteiger partial charge in [-0.05, 0) is 44.0 Å². The molecule has 1 aliphatic heterocycles. The zero-order chi connectivity index (χ0) is 13.8. The average Bonchev–Trinajstić information content (AvgIpc) is 2.57. The van der Waals surface area contributed by atoms with E-state index in [1.807, 2.05) is 0 Å². The molecule has 1 fully saturated rings. The highest BCUT2D eigenvalue weighted by Gasteiger charge is 2.18. The summed E-state index contributed by atoms with van der Waals surface area (Å²) >= 11 is 0. The van der Waals surface area contributed by atoms with Gasteiger partial charge in [0.05, 0.1) is 5.56 Å². The Hall–Kier alpha value is -1.42. The zero-order valence-electron chi connectivity index (χ0n) is 11.2. The molecule has 0 saturated carbocycles. The predicted octanol–water partition coefficient (Wildman–Crippen LogP) is 3.29. The zero-order valence-corrected chi connectivity index (χ0v) is 11.2. The van der Waals surface area contributed by atoms with Gasteiger partial charge in [-0.25, -0.2) is 9.18 Å². The van der Waals surface area contributed by atoms with Crippen LogP contribution in [0.3, 0.4) is 0 Å². The number of hydrogen-bond acceptors (Lipinski definition) is 2. The Bertz CT molecular complexity index is 461. The monoisotopic (exact) mass is 265 g/mol. The molecule has 104 valence electrons. The molecule has 1 atom stereocenters. The van der Waals surface area contributed by atoms with Crippen LogP contribution in [-0.4, -0.2) is 28.6 Å². The molecule has 1 saturated heterocycles. The molecule has 1 N–H and O–H groups in total. The summed E-state index contributed by atoms with van der Waals surface area (Å²) in [6.45, 7) is 3.93. The van der Waals surface area contributed by atoms with Gasteiger partial charge in [0.25, 0.3) is 0 Å². The van der Waals surface area contributed by atoms with Crippen LogP contribution < -0.4 is 0 Å². The highest BCUT2D eigenvalue weighted by molar-refractivity contribution is 5.88. The first-order valence-electron chi connectivity index (χ1n) is 6.83. The van der Waals surface area contributed by atoms with Crippen molar-refractivity contribution in [1.82, 2.24) is 4.90 Å². The van der Waals surface area contributed by atoms with Crippen LogP contribution >= 0.6 is 0 Å². The molecule has 2 rings (SSSR count). The molecule has 1 aliphatic rings. The van der Waals surface area contributed by atoms with Gasteiger partial charge in [0.2, 0.25) is 0 Å². The summed E-state index contributed by atoms with van der Waals surface area (Å²) < 4.78 is 13.3. The van der Waals surface area contributed by atoms with Gasteiger partial charge in [0, 0.05) is 12.6 Å². The van der Waals surface area contributed by atoms with Crippen molar-refractivity contribution in [2.24, 2.45) is 0 Å². The summed E-state index contributed by atoms with van der Waals surface area (Å²) in [5.74, 6) is -1.87. The molecule has 1 aromatic rings. The second-order valence-corrected chi connectivity index (χ2v) is 5.29. The smallest absolute Gasteiger partial charge is 0.338 e. The minimum Gasteiger partial charge on any atom is -0.478 e. The van der Waals surface area contributed by atoms with E-state index in [9.17, 15) is 9.18 Å². The lowest BCUT2D eigenvalue weighted by molar-refractivity contribution is 0.0691. The van der Waals surface area contributed by atoms with Crippen LogP contribution in [0.1, 0.15) is 48.5 Å². The third kappa shape index (κ3) is 3.53. The SMILES string of the molecule is CC1CCCCCN1Cc1ccc(F)c(C(=O)O)c1. The minimum atomic E-state index is -1.21. The summed E-state index contributed by atoms with van der Waals surface area (Å²) in [6, 6.07) is 4.89. The highest BCUT2D eigenvalue weighted by atomic mass is 19.1. The number of aromatic carboxylic acids is 1. The number of likely N-dealkylation sites (tertiary alicyclic amines) is 1. The normalized spacial score (nSPS) is 21.1. The van der Waals surface area contributed by atoms with Crippen molar-refractivity contribution >= 4 is 5.97 Å². The second-order valence-electron chi connectivity index (χ2n) is 5.29. The van der Waals surface area contributed by atoms with Crippen molar-refractivity contribution in [2.45, 2.75) is 45.2 Å². The summed E-state index contributed by atoms with van der Waals surface area (Å²) in [4.78, 5) is 13.3. The molecular weight excluding hydrogens is 245 g/mol. The molecule has 1 heterocycles. The van der Waals surface area contributed by atoms with Gasteiger partial charge >= 0.3 is 5.97 Å². The molecule has 1 unspecified atom stereocenters. The number of rotatable bonds is 3. The summed E-state index contributed by atoms with van der Waals surface area (Å²) in [6.07, 6.45) is 4.86. The van der Waals surface area contributed by atoms with E-state index in [-0.39, 0.29) is 5.56 Å². The maximum Gasteiger partial charge on any atom is 0.338 e. The summed E-state index contributed by atoms with van der Waals surface area (Å²) in [5, 5.41) is 8.94. The van der Waals surface area contributed by atoms with Gasteiger partial charge in [0.15, 0.2) is 0 Å². The van der Waals surface area contributed by atoms with Crippen molar-refractivity contribution in [3.05, 3.63) is 35.1 Å². The first kappa shape index (κ1) is 14.0. The van der Waals surface area contributed by atoms with Crippen molar-refractivity contribution in [3.8, 4) is 0 Å². The number of nitrogens with zero attached hydrogens (tertiary/aromatic N) is 1. The fourth-order valence-corrected chi connectivity index (χ4v) is 2.64. The molecule has 0 aliphatic carbocycles. The minimum absolute atomic E-state index is 0.236. The van der Waals surface area contributed by atoms with Crippen LogP contribution in [0.5, 0.6) is 0 Å². The molecule has 4 heteroatoms. The topological polar surface area (TPSA) is 40.5 Å². The Morgan fingerprint density at radius 3 is 2.95 bits per heavy atom. The maximum absolute atomic E-state index is 13.3. The van der Waals surface area contributed by atoms with Gasteiger partial charge in [0.1, 0.15) is 5.82 Å². The third-order valence-electron chi connectivity index (χ3n) is 3.84. The van der Waals surface area contributed by atoms with Gasteiger partial charge in [-0.3, -0.25) is 4.90 Å². The van der Waals surface area contributed by atoms with Crippen LogP contribution in [0.15, 0.2) is 18.2 Å². The van der Waals surface area contributed by atoms with E-state index in [1.165, 1.54) is 37.8 Å². The van der Waals surface area contributed by atoms with E-state index in [1.54, 1.807) is 6.07 Å². The maximum atomic E-state index is 13.3. The Morgan fingerprint density at radius 2 is 2.21 bits per heavy atom. The molecule has 0 spiro atoms. The number of carbonyl (C=O) groups is 1. The lowest BCUT2D eigenvalue weighted by atomic mass is 10.1. The molecule has 0 radical (unpaired) electrons. The van der Waals surface area contributed by atoms with Crippen molar-refractivity contribution in [2.75, 3.05) is 6.54 Å². The molecule has 0 amide bonds. The number of carboxylic acid groups (broad SMARTS) is 1. The third-order valence-corrected chi connectivity index (χ3v) is 3.84. The van der Waals surface area contributed by atoms with Crippen LogP contribution in [0.2, 0.25) is 0 Å². The van der Waals surface area contributed by atoms with E-state index >= 15 is 0 Å². The summed E-state index contributed by atoms with van der Waals surface area (Å²) in [7, 11) is 0. The second kappa shape index (κ2) is 6.15. The lowest BCUT2D eigenvalue weighted by Gasteiger charge is -2.27. The van der Waals surface area contributed by atoms with E-state index in [0.717, 1.165) is 12.1 Å². The predicted molar refractivity (Wildman–Crippen MR) is 71.7 cm³/mol. The average molecular weight is 265 g/mol. The van der Waals surface area contributed by atoms with Gasteiger partial charge in [-0.2, -0.15) is 0 Å². The van der Waals surface area contributed by atoms with E-state index in [2.05, 4.69) is 11.8 Å². The fraction of sp³-hybridized carbons (Fsp3) is 0.533. The number of benzene rings is 1. The van der Waals surface area contributed by atoms with Crippen LogP contribution in [0.25, 0.3) is 0 Å². The van der Waals surface area contributed by atoms with E-state index in [4.69, 9.17) is 5.11 Å². The van der Waals surface area contributed by atoms with E-state index < -0.39 is 11.8 Å². The van der Waals surface area contributed by atoms with Crippen molar-refractivity contribution < 1.29 is 14.3 Å². The number of halogens is 1. The molecule has 3 nitrogen and oxygen atoms in total. The van der Waals surface area contributed by atoms with Crippen LogP contribution in [0.4, 0.5) is 4.39 Å². The number of carboxylic acids is 1. The van der Waals surface area contributed by atoms with Crippen molar-refractivity contribution in [1.29, 1.82) is 0 Å². The molecule has 1 aromatic carbocycles. The summed E-state index contributed by atoms with van der Waals surface area (Å²) in [5.41, 5.74) is 0.632. The van der Waals surface area contributed by atoms with Crippen LogP contribution in [0, 0.1) is 5.82 Å². The highest BCUT2D eigenvalue weighted by Crippen LogP contribution is 2.20. The van der Waals surface area contributed by atoms with Gasteiger partial charge in [-0.15, -0.1) is 0 Å².